The van der Waals surface area contributed by atoms with Crippen LogP contribution in [-0.2, 0) is 9.53 Å². The van der Waals surface area contributed by atoms with Crippen LogP contribution in [0.2, 0.25) is 0 Å². The fourth-order valence-corrected chi connectivity index (χ4v) is 2.89. The minimum Gasteiger partial charge on any atom is -0.465 e. The summed E-state index contributed by atoms with van der Waals surface area (Å²) in [4.78, 5) is 24.0. The zero-order valence-electron chi connectivity index (χ0n) is 15.6. The van der Waals surface area contributed by atoms with E-state index in [-0.39, 0.29) is 18.5 Å². The van der Waals surface area contributed by atoms with Gasteiger partial charge >= 0.3 is 5.97 Å². The number of amides is 1. The van der Waals surface area contributed by atoms with Crippen LogP contribution in [0.5, 0.6) is 0 Å². The molecule has 3 aromatic carbocycles. The third kappa shape index (κ3) is 4.98. The molecule has 0 aromatic heterocycles. The molecule has 142 valence electrons. The highest BCUT2D eigenvalue weighted by atomic mass is 16.5. The standard InChI is InChI=1S/C23H22N2O3/c1-28-23(27)19-12-14-20(15-13-19)24-16-21(26)25-22(17-8-4-2-5-9-17)18-10-6-3-7-11-18/h2-15,22,24H,16H2,1H3,(H,25,26). The lowest BCUT2D eigenvalue weighted by molar-refractivity contribution is -0.119. The Morgan fingerprint density at radius 1 is 0.821 bits per heavy atom. The molecule has 0 heterocycles. The van der Waals surface area contributed by atoms with Gasteiger partial charge in [-0.2, -0.15) is 0 Å². The van der Waals surface area contributed by atoms with E-state index in [1.165, 1.54) is 7.11 Å². The fourth-order valence-electron chi connectivity index (χ4n) is 2.89. The zero-order valence-corrected chi connectivity index (χ0v) is 15.6. The molecule has 0 fully saturated rings. The lowest BCUT2D eigenvalue weighted by atomic mass is 9.99. The third-order valence-corrected chi connectivity index (χ3v) is 4.33. The summed E-state index contributed by atoms with van der Waals surface area (Å²) in [7, 11) is 1.34. The smallest absolute Gasteiger partial charge is 0.337 e. The highest BCUT2D eigenvalue weighted by Gasteiger charge is 2.16. The number of rotatable bonds is 7. The van der Waals surface area contributed by atoms with E-state index in [2.05, 4.69) is 15.4 Å². The van der Waals surface area contributed by atoms with Crippen molar-refractivity contribution < 1.29 is 14.3 Å². The average Bonchev–Trinajstić information content (AvgIpc) is 2.77. The Bertz CT molecular complexity index is 870. The average molecular weight is 374 g/mol. The van der Waals surface area contributed by atoms with E-state index < -0.39 is 5.97 Å². The molecule has 3 rings (SSSR count). The van der Waals surface area contributed by atoms with Crippen LogP contribution in [0.1, 0.15) is 27.5 Å². The molecule has 5 heteroatoms. The highest BCUT2D eigenvalue weighted by molar-refractivity contribution is 5.89. The van der Waals surface area contributed by atoms with Crippen LogP contribution in [0, 0.1) is 0 Å². The molecule has 1 amide bonds. The van der Waals surface area contributed by atoms with Crippen LogP contribution in [0.4, 0.5) is 5.69 Å². The van der Waals surface area contributed by atoms with Crippen molar-refractivity contribution in [3.63, 3.8) is 0 Å². The predicted molar refractivity (Wildman–Crippen MR) is 109 cm³/mol. The Morgan fingerprint density at radius 2 is 1.36 bits per heavy atom. The Kier molecular flexibility index (Phi) is 6.41. The molecule has 5 nitrogen and oxygen atoms in total. The minimum absolute atomic E-state index is 0.119. The molecule has 2 N–H and O–H groups in total. The van der Waals surface area contributed by atoms with Gasteiger partial charge in [-0.3, -0.25) is 4.79 Å². The molecule has 0 atom stereocenters. The molecule has 0 bridgehead atoms. The normalized spacial score (nSPS) is 10.4. The fraction of sp³-hybridized carbons (Fsp3) is 0.130. The molecule has 0 unspecified atom stereocenters. The number of carbonyl (C=O) groups excluding carboxylic acids is 2. The van der Waals surface area contributed by atoms with Gasteiger partial charge in [-0.05, 0) is 35.4 Å². The van der Waals surface area contributed by atoms with E-state index in [0.717, 1.165) is 16.8 Å². The Hall–Kier alpha value is -3.60. The van der Waals surface area contributed by atoms with Gasteiger partial charge in [0.05, 0.1) is 25.3 Å². The maximum Gasteiger partial charge on any atom is 0.337 e. The number of nitrogens with one attached hydrogen (secondary N) is 2. The summed E-state index contributed by atoms with van der Waals surface area (Å²) < 4.78 is 4.68. The second-order valence-electron chi connectivity index (χ2n) is 6.24. The molecule has 0 radical (unpaired) electrons. The van der Waals surface area contributed by atoms with Crippen LogP contribution in [0.15, 0.2) is 84.9 Å². The van der Waals surface area contributed by atoms with Gasteiger partial charge in [0.25, 0.3) is 0 Å². The quantitative estimate of drug-likeness (QED) is 0.618. The van der Waals surface area contributed by atoms with E-state index in [9.17, 15) is 9.59 Å². The van der Waals surface area contributed by atoms with Crippen LogP contribution in [-0.4, -0.2) is 25.5 Å². The molecule has 0 aliphatic rings. The summed E-state index contributed by atoms with van der Waals surface area (Å²) in [6, 6.07) is 26.3. The van der Waals surface area contributed by atoms with Crippen molar-refractivity contribution in [3.05, 3.63) is 102 Å². The number of hydrogen-bond acceptors (Lipinski definition) is 4. The number of carbonyl (C=O) groups is 2. The van der Waals surface area contributed by atoms with E-state index in [1.54, 1.807) is 24.3 Å². The van der Waals surface area contributed by atoms with Crippen LogP contribution >= 0.6 is 0 Å². The molecular formula is C23H22N2O3. The molecule has 0 saturated heterocycles. The van der Waals surface area contributed by atoms with E-state index in [1.807, 2.05) is 60.7 Å². The third-order valence-electron chi connectivity index (χ3n) is 4.33. The second-order valence-corrected chi connectivity index (χ2v) is 6.24. The second kappa shape index (κ2) is 9.37. The predicted octanol–water partition coefficient (Wildman–Crippen LogP) is 3.79. The maximum atomic E-state index is 12.5. The van der Waals surface area contributed by atoms with Gasteiger partial charge in [0.15, 0.2) is 0 Å². The number of methoxy groups -OCH3 is 1. The minimum atomic E-state index is -0.391. The molecule has 0 spiro atoms. The van der Waals surface area contributed by atoms with Crippen LogP contribution < -0.4 is 10.6 Å². The van der Waals surface area contributed by atoms with Gasteiger partial charge in [-0.25, -0.2) is 4.79 Å². The Morgan fingerprint density at radius 3 is 1.86 bits per heavy atom. The molecule has 0 saturated carbocycles. The lowest BCUT2D eigenvalue weighted by Gasteiger charge is -2.20. The monoisotopic (exact) mass is 374 g/mol. The van der Waals surface area contributed by atoms with Gasteiger partial charge in [-0.15, -0.1) is 0 Å². The van der Waals surface area contributed by atoms with Gasteiger partial charge < -0.3 is 15.4 Å². The van der Waals surface area contributed by atoms with Crippen molar-refractivity contribution in [1.29, 1.82) is 0 Å². The zero-order chi connectivity index (χ0) is 19.8. The summed E-state index contributed by atoms with van der Waals surface area (Å²) in [5, 5.41) is 6.16. The van der Waals surface area contributed by atoms with Crippen LogP contribution in [0.25, 0.3) is 0 Å². The summed E-state index contributed by atoms with van der Waals surface area (Å²) in [5.41, 5.74) is 3.25. The van der Waals surface area contributed by atoms with Crippen molar-refractivity contribution in [2.24, 2.45) is 0 Å². The topological polar surface area (TPSA) is 67.4 Å². The first kappa shape index (κ1) is 19.2. The SMILES string of the molecule is COC(=O)c1ccc(NCC(=O)NC(c2ccccc2)c2ccccc2)cc1. The van der Waals surface area contributed by atoms with Gasteiger partial charge in [0.2, 0.25) is 5.91 Å². The highest BCUT2D eigenvalue weighted by Crippen LogP contribution is 2.21. The van der Waals surface area contributed by atoms with Gasteiger partial charge in [0, 0.05) is 5.69 Å². The summed E-state index contributed by atoms with van der Waals surface area (Å²) in [5.74, 6) is -0.521. The molecule has 3 aromatic rings. The van der Waals surface area contributed by atoms with E-state index in [0.29, 0.717) is 5.56 Å². The van der Waals surface area contributed by atoms with Crippen molar-refractivity contribution in [3.8, 4) is 0 Å². The number of benzene rings is 3. The summed E-state index contributed by atoms with van der Waals surface area (Å²) in [6.07, 6.45) is 0. The first-order valence-electron chi connectivity index (χ1n) is 8.99. The maximum absolute atomic E-state index is 12.5. The van der Waals surface area contributed by atoms with Gasteiger partial charge in [-0.1, -0.05) is 60.7 Å². The first-order chi connectivity index (χ1) is 13.7. The lowest BCUT2D eigenvalue weighted by Crippen LogP contribution is -2.33. The number of hydrogen-bond donors (Lipinski definition) is 2. The molecule has 28 heavy (non-hydrogen) atoms. The van der Waals surface area contributed by atoms with E-state index >= 15 is 0 Å². The van der Waals surface area contributed by atoms with Gasteiger partial charge in [0.1, 0.15) is 0 Å². The Balaban J connectivity index is 1.65. The summed E-state index contributed by atoms with van der Waals surface area (Å²) in [6.45, 7) is 0.119. The van der Waals surface area contributed by atoms with Crippen molar-refractivity contribution >= 4 is 17.6 Å². The first-order valence-corrected chi connectivity index (χ1v) is 8.99. The summed E-state index contributed by atoms with van der Waals surface area (Å²) >= 11 is 0. The van der Waals surface area contributed by atoms with Crippen molar-refractivity contribution in [1.82, 2.24) is 5.32 Å². The van der Waals surface area contributed by atoms with E-state index in [4.69, 9.17) is 0 Å². The van der Waals surface area contributed by atoms with Crippen LogP contribution in [0.3, 0.4) is 0 Å². The largest absolute Gasteiger partial charge is 0.465 e. The van der Waals surface area contributed by atoms with Crippen molar-refractivity contribution in [2.75, 3.05) is 19.0 Å². The Labute approximate surface area is 164 Å². The molecule has 0 aliphatic carbocycles. The number of esters is 1. The van der Waals surface area contributed by atoms with Crippen molar-refractivity contribution in [2.45, 2.75) is 6.04 Å². The number of ether oxygens (including phenoxy) is 1. The molecular weight excluding hydrogens is 352 g/mol. The number of anilines is 1. The molecule has 0 aliphatic heterocycles.